The van der Waals surface area contributed by atoms with Crippen LogP contribution < -0.4 is 16.2 Å². The van der Waals surface area contributed by atoms with E-state index in [0.29, 0.717) is 10.6 Å². The number of hydrogen-bond donors (Lipinski definition) is 3. The van der Waals surface area contributed by atoms with Crippen molar-refractivity contribution in [3.63, 3.8) is 0 Å². The van der Waals surface area contributed by atoms with Gasteiger partial charge in [-0.3, -0.25) is 9.59 Å². The van der Waals surface area contributed by atoms with Gasteiger partial charge in [-0.05, 0) is 66.6 Å². The molecule has 13 heteroatoms. The molecule has 0 aliphatic rings. The minimum atomic E-state index is -3.96. The second kappa shape index (κ2) is 12.9. The molecule has 0 radical (unpaired) electrons. The first-order valence-corrected chi connectivity index (χ1v) is 11.9. The Hall–Kier alpha value is -2.89. The third-order valence-electron chi connectivity index (χ3n) is 4.90. The average Bonchev–Trinajstić information content (AvgIpc) is 2.75. The number of rotatable bonds is 7. The van der Waals surface area contributed by atoms with Gasteiger partial charge in [-0.2, -0.15) is 0 Å². The maximum atomic E-state index is 14.1. The fourth-order valence-corrected chi connectivity index (χ4v) is 4.18. The Balaban J connectivity index is 0.00000324. The Labute approximate surface area is 225 Å². The van der Waals surface area contributed by atoms with Crippen molar-refractivity contribution >= 4 is 69.6 Å². The fourth-order valence-electron chi connectivity index (χ4n) is 3.29. The molecule has 0 spiro atoms. The van der Waals surface area contributed by atoms with Crippen LogP contribution in [0.2, 0.25) is 5.02 Å². The molecule has 0 saturated heterocycles. The highest BCUT2D eigenvalue weighted by atomic mass is 35.5. The predicted molar refractivity (Wildman–Crippen MR) is 143 cm³/mol. The zero-order valence-corrected chi connectivity index (χ0v) is 22.1. The van der Waals surface area contributed by atoms with E-state index in [4.69, 9.17) is 22.5 Å². The fraction of sp³-hybridized carbons (Fsp3) is 0.130. The van der Waals surface area contributed by atoms with E-state index in [1.165, 1.54) is 42.2 Å². The first-order valence-electron chi connectivity index (χ1n) is 9.96. The van der Waals surface area contributed by atoms with Gasteiger partial charge in [0, 0.05) is 22.8 Å². The number of benzene rings is 3. The van der Waals surface area contributed by atoms with Crippen LogP contribution in [0.3, 0.4) is 0 Å². The molecule has 0 unspecified atom stereocenters. The van der Waals surface area contributed by atoms with Crippen molar-refractivity contribution in [2.24, 2.45) is 5.14 Å². The number of aryl methyl sites for hydroxylation is 1. The molecule has 0 aromatic heterocycles. The lowest BCUT2D eigenvalue weighted by molar-refractivity contribution is -0.117. The summed E-state index contributed by atoms with van der Waals surface area (Å²) in [5.74, 6) is -1.88. The molecular weight excluding hydrogens is 554 g/mol. The van der Waals surface area contributed by atoms with Gasteiger partial charge in [0.1, 0.15) is 12.4 Å². The number of nitrogen functional groups attached to an aromatic ring is 1. The summed E-state index contributed by atoms with van der Waals surface area (Å²) in [5, 5.41) is 8.13. The largest absolute Gasteiger partial charge is 0.399 e. The number of halogens is 4. The molecule has 0 bridgehead atoms. The zero-order chi connectivity index (χ0) is 25.0. The van der Waals surface area contributed by atoms with Crippen LogP contribution in [0.25, 0.3) is 0 Å². The van der Waals surface area contributed by atoms with Crippen molar-refractivity contribution in [3.8, 4) is 0 Å². The molecule has 8 nitrogen and oxygen atoms in total. The van der Waals surface area contributed by atoms with E-state index in [0.717, 1.165) is 6.07 Å². The molecule has 5 N–H and O–H groups in total. The van der Waals surface area contributed by atoms with E-state index in [9.17, 15) is 22.4 Å². The molecule has 0 heterocycles. The molecule has 3 rings (SSSR count). The summed E-state index contributed by atoms with van der Waals surface area (Å²) in [6.07, 6.45) is 0. The highest BCUT2D eigenvalue weighted by molar-refractivity contribution is 7.89. The molecule has 0 aliphatic heterocycles. The number of sulfonamides is 1. The Morgan fingerprint density at radius 1 is 1.03 bits per heavy atom. The number of primary sulfonamides is 1. The molecule has 0 aliphatic carbocycles. The Kier molecular flexibility index (Phi) is 11.1. The van der Waals surface area contributed by atoms with Crippen molar-refractivity contribution in [3.05, 3.63) is 88.2 Å². The highest BCUT2D eigenvalue weighted by Gasteiger charge is 2.22. The number of nitrogens with two attached hydrogens (primary N) is 2. The predicted octanol–water partition coefficient (Wildman–Crippen LogP) is 4.14. The molecule has 3 aromatic rings. The number of amides is 2. The smallest absolute Gasteiger partial charge is 0.254 e. The summed E-state index contributed by atoms with van der Waals surface area (Å²) in [5.41, 5.74) is 6.79. The molecule has 3 aromatic carbocycles. The molecular formula is C23H24Cl3FN4O4S. The van der Waals surface area contributed by atoms with Crippen molar-refractivity contribution < 1.29 is 22.4 Å². The monoisotopic (exact) mass is 576 g/mol. The molecule has 36 heavy (non-hydrogen) atoms. The van der Waals surface area contributed by atoms with Crippen LogP contribution in [0.1, 0.15) is 21.5 Å². The minimum absolute atomic E-state index is 0. The Morgan fingerprint density at radius 3 is 2.22 bits per heavy atom. The minimum Gasteiger partial charge on any atom is -0.399 e. The van der Waals surface area contributed by atoms with E-state index in [2.05, 4.69) is 5.32 Å². The first kappa shape index (κ1) is 31.1. The molecule has 194 valence electrons. The van der Waals surface area contributed by atoms with Crippen molar-refractivity contribution in [1.29, 1.82) is 0 Å². The normalized spacial score (nSPS) is 10.6. The lowest BCUT2D eigenvalue weighted by Crippen LogP contribution is -2.37. The standard InChI is InChI=1S/C23H22ClFN4O4S.2ClH/c1-14-10-16(4-9-21(14)34(27,32)33)23(31)29(12-15-2-5-17(24)6-3-15)13-22(30)28-20-8-7-18(26)11-19(20)25;;/h2-11H,12-13,26H2,1H3,(H,28,30)(H2,27,32,33);2*1H. The van der Waals surface area contributed by atoms with Gasteiger partial charge in [-0.1, -0.05) is 23.7 Å². The number of anilines is 2. The van der Waals surface area contributed by atoms with Gasteiger partial charge in [0.15, 0.2) is 0 Å². The van der Waals surface area contributed by atoms with E-state index in [1.54, 1.807) is 24.3 Å². The van der Waals surface area contributed by atoms with Gasteiger partial charge in [-0.15, -0.1) is 24.8 Å². The topological polar surface area (TPSA) is 136 Å². The van der Waals surface area contributed by atoms with E-state index >= 15 is 0 Å². The van der Waals surface area contributed by atoms with Gasteiger partial charge >= 0.3 is 0 Å². The lowest BCUT2D eigenvalue weighted by Gasteiger charge is -2.23. The zero-order valence-electron chi connectivity index (χ0n) is 18.9. The average molecular weight is 578 g/mol. The van der Waals surface area contributed by atoms with Gasteiger partial charge in [0.05, 0.1) is 10.6 Å². The van der Waals surface area contributed by atoms with E-state index in [1.807, 2.05) is 0 Å². The maximum Gasteiger partial charge on any atom is 0.254 e. The number of nitrogens with zero attached hydrogens (tertiary/aromatic N) is 1. The summed E-state index contributed by atoms with van der Waals surface area (Å²) in [7, 11) is -3.96. The SMILES string of the molecule is Cc1cc(C(=O)N(CC(=O)Nc2ccc(N)cc2F)Cc2ccc(Cl)cc2)ccc1S(N)(=O)=O.Cl.Cl. The van der Waals surface area contributed by atoms with Crippen LogP contribution in [0.15, 0.2) is 65.6 Å². The lowest BCUT2D eigenvalue weighted by atomic mass is 10.1. The van der Waals surface area contributed by atoms with Crippen LogP contribution >= 0.6 is 36.4 Å². The number of carbonyl (C=O) groups excluding carboxylic acids is 2. The molecule has 0 saturated carbocycles. The number of nitrogens with one attached hydrogen (secondary N) is 1. The van der Waals surface area contributed by atoms with Crippen LogP contribution in [0.4, 0.5) is 15.8 Å². The van der Waals surface area contributed by atoms with Gasteiger partial charge in [0.25, 0.3) is 5.91 Å². The summed E-state index contributed by atoms with van der Waals surface area (Å²) in [6.45, 7) is 1.15. The maximum absolute atomic E-state index is 14.1. The summed E-state index contributed by atoms with van der Waals surface area (Å²) in [4.78, 5) is 27.1. The van der Waals surface area contributed by atoms with Crippen molar-refractivity contribution in [2.75, 3.05) is 17.6 Å². The highest BCUT2D eigenvalue weighted by Crippen LogP contribution is 2.20. The van der Waals surface area contributed by atoms with Crippen LogP contribution in [-0.2, 0) is 21.4 Å². The summed E-state index contributed by atoms with van der Waals surface area (Å²) >= 11 is 5.93. The van der Waals surface area contributed by atoms with Gasteiger partial charge in [0.2, 0.25) is 15.9 Å². The van der Waals surface area contributed by atoms with E-state index < -0.39 is 34.2 Å². The van der Waals surface area contributed by atoms with Gasteiger partial charge in [-0.25, -0.2) is 17.9 Å². The van der Waals surface area contributed by atoms with Crippen LogP contribution in [0.5, 0.6) is 0 Å². The number of carbonyl (C=O) groups is 2. The molecule has 2 amide bonds. The third-order valence-corrected chi connectivity index (χ3v) is 6.23. The summed E-state index contributed by atoms with van der Waals surface area (Å²) in [6, 6.07) is 14.5. The summed E-state index contributed by atoms with van der Waals surface area (Å²) < 4.78 is 37.5. The third kappa shape index (κ3) is 8.07. The molecule has 0 fully saturated rings. The Bertz CT molecular complexity index is 1360. The second-order valence-corrected chi connectivity index (χ2v) is 9.57. The molecule has 0 atom stereocenters. The quantitative estimate of drug-likeness (QED) is 0.363. The first-order chi connectivity index (χ1) is 15.9. The Morgan fingerprint density at radius 2 is 1.67 bits per heavy atom. The number of hydrogen-bond acceptors (Lipinski definition) is 5. The van der Waals surface area contributed by atoms with Crippen LogP contribution in [-0.4, -0.2) is 31.7 Å². The van der Waals surface area contributed by atoms with E-state index in [-0.39, 0.29) is 58.8 Å². The van der Waals surface area contributed by atoms with Crippen LogP contribution in [0, 0.1) is 12.7 Å². The van der Waals surface area contributed by atoms with Crippen molar-refractivity contribution in [2.45, 2.75) is 18.4 Å². The van der Waals surface area contributed by atoms with Gasteiger partial charge < -0.3 is 16.0 Å². The van der Waals surface area contributed by atoms with Crippen molar-refractivity contribution in [1.82, 2.24) is 4.90 Å². The second-order valence-electron chi connectivity index (χ2n) is 7.60.